The monoisotopic (exact) mass is 299 g/mol. The van der Waals surface area contributed by atoms with Crippen LogP contribution in [0.1, 0.15) is 39.0 Å². The summed E-state index contributed by atoms with van der Waals surface area (Å²) < 4.78 is 0. The molecule has 7 nitrogen and oxygen atoms in total. The van der Waals surface area contributed by atoms with Crippen molar-refractivity contribution in [2.75, 3.05) is 26.2 Å². The van der Waals surface area contributed by atoms with E-state index >= 15 is 0 Å². The van der Waals surface area contributed by atoms with E-state index in [9.17, 15) is 14.4 Å². The zero-order valence-corrected chi connectivity index (χ0v) is 12.6. The number of amides is 3. The van der Waals surface area contributed by atoms with Crippen LogP contribution in [0.4, 0.5) is 4.79 Å². The number of carbonyl (C=O) groups is 3. The first-order chi connectivity index (χ1) is 10.0. The van der Waals surface area contributed by atoms with E-state index in [4.69, 9.17) is 5.11 Å². The number of urea groups is 1. The number of nitrogens with one attached hydrogen (secondary N) is 2. The number of carbonyl (C=O) groups excluding carboxylic acids is 2. The fourth-order valence-corrected chi connectivity index (χ4v) is 2.17. The number of carboxylic acids is 1. The fourth-order valence-electron chi connectivity index (χ4n) is 2.17. The Kier molecular flexibility index (Phi) is 7.56. The van der Waals surface area contributed by atoms with E-state index in [1.54, 1.807) is 6.92 Å². The molecule has 0 aromatic heterocycles. The van der Waals surface area contributed by atoms with Crippen LogP contribution in [0.2, 0.25) is 0 Å². The maximum atomic E-state index is 11.8. The minimum absolute atomic E-state index is 0.0782. The highest BCUT2D eigenvalue weighted by molar-refractivity contribution is 5.78. The van der Waals surface area contributed by atoms with Gasteiger partial charge in [0.2, 0.25) is 5.91 Å². The molecule has 0 radical (unpaired) electrons. The van der Waals surface area contributed by atoms with Gasteiger partial charge < -0.3 is 20.6 Å². The van der Waals surface area contributed by atoms with Crippen molar-refractivity contribution in [2.45, 2.75) is 39.0 Å². The van der Waals surface area contributed by atoms with Crippen LogP contribution in [-0.4, -0.2) is 54.1 Å². The lowest BCUT2D eigenvalue weighted by Gasteiger charge is -2.26. The van der Waals surface area contributed by atoms with E-state index in [-0.39, 0.29) is 11.9 Å². The molecule has 0 aliphatic carbocycles. The van der Waals surface area contributed by atoms with Gasteiger partial charge in [-0.2, -0.15) is 0 Å². The quantitative estimate of drug-likeness (QED) is 0.647. The molecule has 1 aliphatic rings. The van der Waals surface area contributed by atoms with Gasteiger partial charge in [0.1, 0.15) is 0 Å². The topological polar surface area (TPSA) is 98.7 Å². The molecule has 1 heterocycles. The minimum atomic E-state index is -0.871. The van der Waals surface area contributed by atoms with E-state index in [1.165, 1.54) is 6.42 Å². The predicted molar refractivity (Wildman–Crippen MR) is 77.9 cm³/mol. The molecule has 0 bridgehead atoms. The van der Waals surface area contributed by atoms with Crippen LogP contribution in [0.25, 0.3) is 0 Å². The summed E-state index contributed by atoms with van der Waals surface area (Å²) in [4.78, 5) is 35.8. The first kappa shape index (κ1) is 17.3. The molecule has 1 atom stereocenters. The van der Waals surface area contributed by atoms with Crippen molar-refractivity contribution >= 4 is 17.9 Å². The van der Waals surface area contributed by atoms with Gasteiger partial charge in [-0.3, -0.25) is 9.59 Å². The summed E-state index contributed by atoms with van der Waals surface area (Å²) in [6, 6.07) is -0.362. The van der Waals surface area contributed by atoms with Gasteiger partial charge in [0.15, 0.2) is 0 Å². The third kappa shape index (κ3) is 6.97. The lowest BCUT2D eigenvalue weighted by molar-refractivity contribution is -0.141. The molecule has 1 saturated heterocycles. The Labute approximate surface area is 125 Å². The molecule has 0 saturated carbocycles. The summed E-state index contributed by atoms with van der Waals surface area (Å²) in [5.74, 6) is -1.27. The maximum absolute atomic E-state index is 11.8. The number of nitrogens with zero attached hydrogens (tertiary/aromatic N) is 1. The van der Waals surface area contributed by atoms with Crippen LogP contribution >= 0.6 is 0 Å². The molecule has 0 aromatic carbocycles. The lowest BCUT2D eigenvalue weighted by atomic mass is 10.1. The molecule has 21 heavy (non-hydrogen) atoms. The van der Waals surface area contributed by atoms with E-state index in [0.717, 1.165) is 25.9 Å². The van der Waals surface area contributed by atoms with Crippen molar-refractivity contribution < 1.29 is 19.5 Å². The summed E-state index contributed by atoms with van der Waals surface area (Å²) in [5, 5.41) is 13.9. The van der Waals surface area contributed by atoms with Gasteiger partial charge in [0.05, 0.1) is 5.92 Å². The number of rotatable bonds is 7. The Balaban J connectivity index is 2.07. The van der Waals surface area contributed by atoms with E-state index < -0.39 is 11.9 Å². The highest BCUT2D eigenvalue weighted by Crippen LogP contribution is 2.09. The Morgan fingerprint density at radius 3 is 2.33 bits per heavy atom. The summed E-state index contributed by atoms with van der Waals surface area (Å²) in [5.41, 5.74) is 0. The fraction of sp³-hybridized carbons (Fsp3) is 0.786. The van der Waals surface area contributed by atoms with Crippen molar-refractivity contribution in [2.24, 2.45) is 5.92 Å². The average Bonchev–Trinajstić information content (AvgIpc) is 2.47. The number of piperidine rings is 1. The number of likely N-dealkylation sites (tertiary alicyclic amines) is 1. The van der Waals surface area contributed by atoms with E-state index in [1.807, 2.05) is 4.90 Å². The minimum Gasteiger partial charge on any atom is -0.481 e. The second kappa shape index (κ2) is 9.20. The van der Waals surface area contributed by atoms with E-state index in [2.05, 4.69) is 10.6 Å². The molecule has 1 rings (SSSR count). The molecule has 3 amide bonds. The van der Waals surface area contributed by atoms with Gasteiger partial charge in [0.25, 0.3) is 0 Å². The Bertz CT molecular complexity index is 367. The Hall–Kier alpha value is -1.79. The number of carboxylic acid groups (broad SMARTS) is 1. The van der Waals surface area contributed by atoms with Gasteiger partial charge in [0, 0.05) is 32.6 Å². The predicted octanol–water partition coefficient (Wildman–Crippen LogP) is 0.799. The maximum Gasteiger partial charge on any atom is 0.314 e. The van der Waals surface area contributed by atoms with Crippen LogP contribution in [0.5, 0.6) is 0 Å². The van der Waals surface area contributed by atoms with Gasteiger partial charge in [-0.15, -0.1) is 0 Å². The van der Waals surface area contributed by atoms with Gasteiger partial charge in [-0.1, -0.05) is 6.92 Å². The van der Waals surface area contributed by atoms with Crippen molar-refractivity contribution in [1.29, 1.82) is 0 Å². The molecular weight excluding hydrogens is 274 g/mol. The first-order valence-electron chi connectivity index (χ1n) is 7.53. The third-order valence-electron chi connectivity index (χ3n) is 3.62. The molecule has 1 aliphatic heterocycles. The first-order valence-corrected chi connectivity index (χ1v) is 7.53. The molecule has 1 fully saturated rings. The van der Waals surface area contributed by atoms with Crippen LogP contribution in [0.3, 0.4) is 0 Å². The van der Waals surface area contributed by atoms with Crippen LogP contribution in [0.15, 0.2) is 0 Å². The molecule has 7 heteroatoms. The Morgan fingerprint density at radius 1 is 1.10 bits per heavy atom. The highest BCUT2D eigenvalue weighted by Gasteiger charge is 2.16. The normalized spacial score (nSPS) is 16.1. The standard InChI is InChI=1S/C14H25N3O4/c1-11(13(19)20)5-7-15-14(21)16-8-6-12(18)17-9-3-2-4-10-17/h11H,2-10H2,1H3,(H,19,20)(H2,15,16,21). The van der Waals surface area contributed by atoms with Crippen molar-refractivity contribution in [3.05, 3.63) is 0 Å². The second-order valence-corrected chi connectivity index (χ2v) is 5.40. The molecule has 0 spiro atoms. The SMILES string of the molecule is CC(CCNC(=O)NCCC(=O)N1CCCCC1)C(=O)O. The van der Waals surface area contributed by atoms with E-state index in [0.29, 0.717) is 25.9 Å². The Morgan fingerprint density at radius 2 is 1.71 bits per heavy atom. The van der Waals surface area contributed by atoms with Crippen molar-refractivity contribution in [3.63, 3.8) is 0 Å². The number of hydrogen-bond donors (Lipinski definition) is 3. The lowest BCUT2D eigenvalue weighted by Crippen LogP contribution is -2.40. The third-order valence-corrected chi connectivity index (χ3v) is 3.62. The molecule has 1 unspecified atom stereocenters. The molecular formula is C14H25N3O4. The summed E-state index contributed by atoms with van der Waals surface area (Å²) in [6.07, 6.45) is 3.98. The van der Waals surface area contributed by atoms with Crippen LogP contribution in [-0.2, 0) is 9.59 Å². The largest absolute Gasteiger partial charge is 0.481 e. The summed E-state index contributed by atoms with van der Waals surface area (Å²) in [7, 11) is 0. The second-order valence-electron chi connectivity index (χ2n) is 5.40. The van der Waals surface area contributed by atoms with Gasteiger partial charge in [-0.25, -0.2) is 4.79 Å². The number of aliphatic carboxylic acids is 1. The number of hydrogen-bond acceptors (Lipinski definition) is 3. The van der Waals surface area contributed by atoms with Crippen molar-refractivity contribution in [1.82, 2.24) is 15.5 Å². The smallest absolute Gasteiger partial charge is 0.314 e. The highest BCUT2D eigenvalue weighted by atomic mass is 16.4. The van der Waals surface area contributed by atoms with Gasteiger partial charge >= 0.3 is 12.0 Å². The van der Waals surface area contributed by atoms with Crippen LogP contribution < -0.4 is 10.6 Å². The average molecular weight is 299 g/mol. The van der Waals surface area contributed by atoms with Gasteiger partial charge in [-0.05, 0) is 25.7 Å². The molecule has 3 N–H and O–H groups in total. The zero-order valence-electron chi connectivity index (χ0n) is 12.6. The molecule has 0 aromatic rings. The summed E-state index contributed by atoms with van der Waals surface area (Å²) >= 11 is 0. The zero-order chi connectivity index (χ0) is 15.7. The molecule has 120 valence electrons. The van der Waals surface area contributed by atoms with Crippen molar-refractivity contribution in [3.8, 4) is 0 Å². The van der Waals surface area contributed by atoms with Crippen LogP contribution in [0, 0.1) is 5.92 Å². The summed E-state index contributed by atoms with van der Waals surface area (Å²) in [6.45, 7) is 3.84.